The number of aryl methyl sites for hydroxylation is 1. The third-order valence-corrected chi connectivity index (χ3v) is 2.65. The SMILES string of the molecule is Cc1cccc(NC(=O)NC(CCO)C(=O)O)c1C#N. The van der Waals surface area contributed by atoms with Crippen LogP contribution in [0.5, 0.6) is 0 Å². The number of rotatable bonds is 5. The number of benzene rings is 1. The Morgan fingerprint density at radius 2 is 2.15 bits per heavy atom. The molecule has 0 aliphatic rings. The normalized spacial score (nSPS) is 11.2. The monoisotopic (exact) mass is 277 g/mol. The molecule has 2 amide bonds. The highest BCUT2D eigenvalue weighted by Crippen LogP contribution is 2.18. The standard InChI is InChI=1S/C13H15N3O4/c1-8-3-2-4-10(9(8)7-14)15-13(20)16-11(5-6-17)12(18)19/h2-4,11,17H,5-6H2,1H3,(H,18,19)(H2,15,16,20). The Labute approximate surface area is 115 Å². The first-order valence-electron chi connectivity index (χ1n) is 5.90. The molecule has 1 aromatic rings. The van der Waals surface area contributed by atoms with Crippen molar-refractivity contribution in [1.82, 2.24) is 5.32 Å². The summed E-state index contributed by atoms with van der Waals surface area (Å²) in [4.78, 5) is 22.6. The van der Waals surface area contributed by atoms with Gasteiger partial charge in [-0.05, 0) is 18.6 Å². The summed E-state index contributed by atoms with van der Waals surface area (Å²) in [5, 5.41) is 31.3. The second-order valence-electron chi connectivity index (χ2n) is 4.11. The number of carboxylic acids is 1. The molecule has 0 bridgehead atoms. The smallest absolute Gasteiger partial charge is 0.326 e. The zero-order valence-electron chi connectivity index (χ0n) is 10.9. The first kappa shape index (κ1) is 15.5. The van der Waals surface area contributed by atoms with Crippen molar-refractivity contribution in [3.8, 4) is 6.07 Å². The van der Waals surface area contributed by atoms with Crippen LogP contribution in [0.4, 0.5) is 10.5 Å². The number of urea groups is 1. The Morgan fingerprint density at radius 3 is 2.70 bits per heavy atom. The van der Waals surface area contributed by atoms with Crippen LogP contribution >= 0.6 is 0 Å². The average molecular weight is 277 g/mol. The maximum Gasteiger partial charge on any atom is 0.326 e. The van der Waals surface area contributed by atoms with Gasteiger partial charge in [0.1, 0.15) is 12.1 Å². The lowest BCUT2D eigenvalue weighted by molar-refractivity contribution is -0.139. The minimum absolute atomic E-state index is 0.0956. The number of carboxylic acid groups (broad SMARTS) is 1. The number of nitrogens with zero attached hydrogens (tertiary/aromatic N) is 1. The van der Waals surface area contributed by atoms with E-state index >= 15 is 0 Å². The minimum atomic E-state index is -1.24. The molecule has 0 saturated heterocycles. The number of nitrogens with one attached hydrogen (secondary N) is 2. The van der Waals surface area contributed by atoms with Gasteiger partial charge in [-0.1, -0.05) is 12.1 Å². The third kappa shape index (κ3) is 3.96. The predicted octanol–water partition coefficient (Wildman–Crippen LogP) is 0.824. The van der Waals surface area contributed by atoms with Crippen LogP contribution in [0, 0.1) is 18.3 Å². The number of aliphatic hydroxyl groups is 1. The summed E-state index contributed by atoms with van der Waals surface area (Å²) in [5.74, 6) is -1.24. The van der Waals surface area contributed by atoms with Gasteiger partial charge >= 0.3 is 12.0 Å². The van der Waals surface area contributed by atoms with E-state index in [1.807, 2.05) is 6.07 Å². The van der Waals surface area contributed by atoms with E-state index in [-0.39, 0.29) is 13.0 Å². The van der Waals surface area contributed by atoms with Crippen molar-refractivity contribution in [3.63, 3.8) is 0 Å². The summed E-state index contributed by atoms with van der Waals surface area (Å²) in [5.41, 5.74) is 1.32. The van der Waals surface area contributed by atoms with Crippen molar-refractivity contribution in [3.05, 3.63) is 29.3 Å². The van der Waals surface area contributed by atoms with E-state index in [2.05, 4.69) is 10.6 Å². The number of aliphatic hydroxyl groups excluding tert-OH is 1. The summed E-state index contributed by atoms with van der Waals surface area (Å²) >= 11 is 0. The Bertz CT molecular complexity index is 551. The molecular formula is C13H15N3O4. The van der Waals surface area contributed by atoms with Crippen LogP contribution in [0.15, 0.2) is 18.2 Å². The molecule has 4 N–H and O–H groups in total. The van der Waals surface area contributed by atoms with Crippen molar-refractivity contribution >= 4 is 17.7 Å². The van der Waals surface area contributed by atoms with Crippen LogP contribution in [0.1, 0.15) is 17.5 Å². The molecule has 0 radical (unpaired) electrons. The molecule has 1 atom stereocenters. The zero-order chi connectivity index (χ0) is 15.1. The van der Waals surface area contributed by atoms with Crippen molar-refractivity contribution in [2.45, 2.75) is 19.4 Å². The van der Waals surface area contributed by atoms with Gasteiger partial charge in [0.2, 0.25) is 0 Å². The van der Waals surface area contributed by atoms with Gasteiger partial charge < -0.3 is 20.8 Å². The lowest BCUT2D eigenvalue weighted by Gasteiger charge is -2.15. The first-order chi connectivity index (χ1) is 9.49. The van der Waals surface area contributed by atoms with Crippen LogP contribution < -0.4 is 10.6 Å². The van der Waals surface area contributed by atoms with Crippen LogP contribution in [0.3, 0.4) is 0 Å². The number of carbonyl (C=O) groups is 2. The molecule has 0 fully saturated rings. The molecule has 1 aromatic carbocycles. The third-order valence-electron chi connectivity index (χ3n) is 2.65. The molecule has 0 aromatic heterocycles. The van der Waals surface area contributed by atoms with Crippen LogP contribution in [0.2, 0.25) is 0 Å². The maximum absolute atomic E-state index is 11.7. The molecule has 1 unspecified atom stereocenters. The fraction of sp³-hybridized carbons (Fsp3) is 0.308. The summed E-state index contributed by atoms with van der Waals surface area (Å²) in [6.07, 6.45) is -0.0956. The number of nitriles is 1. The summed E-state index contributed by atoms with van der Waals surface area (Å²) in [6, 6.07) is 5.00. The largest absolute Gasteiger partial charge is 0.480 e. The Morgan fingerprint density at radius 1 is 1.45 bits per heavy atom. The second kappa shape index (κ2) is 7.11. The summed E-state index contributed by atoms with van der Waals surface area (Å²) in [6.45, 7) is 1.37. The van der Waals surface area contributed by atoms with Gasteiger partial charge in [0.15, 0.2) is 0 Å². The van der Waals surface area contributed by atoms with E-state index in [1.54, 1.807) is 25.1 Å². The van der Waals surface area contributed by atoms with Crippen LogP contribution in [-0.4, -0.2) is 34.9 Å². The quantitative estimate of drug-likeness (QED) is 0.634. The Kier molecular flexibility index (Phi) is 5.50. The molecule has 0 saturated carbocycles. The van der Waals surface area contributed by atoms with E-state index < -0.39 is 18.0 Å². The average Bonchev–Trinajstić information content (AvgIpc) is 2.38. The molecule has 106 valence electrons. The fourth-order valence-electron chi connectivity index (χ4n) is 1.62. The van der Waals surface area contributed by atoms with Gasteiger partial charge in [0.05, 0.1) is 11.3 Å². The summed E-state index contributed by atoms with van der Waals surface area (Å²) < 4.78 is 0. The number of hydrogen-bond acceptors (Lipinski definition) is 4. The highest BCUT2D eigenvalue weighted by Gasteiger charge is 2.19. The maximum atomic E-state index is 11.7. The molecule has 20 heavy (non-hydrogen) atoms. The number of carbonyl (C=O) groups excluding carboxylic acids is 1. The molecule has 7 heteroatoms. The van der Waals surface area contributed by atoms with E-state index in [4.69, 9.17) is 15.5 Å². The van der Waals surface area contributed by atoms with E-state index in [0.717, 1.165) is 0 Å². The minimum Gasteiger partial charge on any atom is -0.480 e. The molecule has 1 rings (SSSR count). The van der Waals surface area contributed by atoms with Crippen molar-refractivity contribution in [1.29, 1.82) is 5.26 Å². The predicted molar refractivity (Wildman–Crippen MR) is 71.2 cm³/mol. The molecule has 0 spiro atoms. The fourth-order valence-corrected chi connectivity index (χ4v) is 1.62. The van der Waals surface area contributed by atoms with Crippen molar-refractivity contribution in [2.75, 3.05) is 11.9 Å². The zero-order valence-corrected chi connectivity index (χ0v) is 10.9. The topological polar surface area (TPSA) is 122 Å². The van der Waals surface area contributed by atoms with E-state index in [0.29, 0.717) is 16.8 Å². The highest BCUT2D eigenvalue weighted by atomic mass is 16.4. The molecule has 0 aliphatic carbocycles. The molecule has 0 heterocycles. The number of amides is 2. The lowest BCUT2D eigenvalue weighted by Crippen LogP contribution is -2.43. The van der Waals surface area contributed by atoms with Gasteiger partial charge in [-0.3, -0.25) is 0 Å². The number of hydrogen-bond donors (Lipinski definition) is 4. The van der Waals surface area contributed by atoms with Gasteiger partial charge in [-0.25, -0.2) is 9.59 Å². The first-order valence-corrected chi connectivity index (χ1v) is 5.90. The molecule has 0 aliphatic heterocycles. The van der Waals surface area contributed by atoms with Gasteiger partial charge in [0, 0.05) is 13.0 Å². The van der Waals surface area contributed by atoms with Gasteiger partial charge in [0.25, 0.3) is 0 Å². The molecular weight excluding hydrogens is 262 g/mol. The van der Waals surface area contributed by atoms with Crippen molar-refractivity contribution < 1.29 is 19.8 Å². The van der Waals surface area contributed by atoms with Crippen molar-refractivity contribution in [2.24, 2.45) is 0 Å². The van der Waals surface area contributed by atoms with E-state index in [9.17, 15) is 9.59 Å². The summed E-state index contributed by atoms with van der Waals surface area (Å²) in [7, 11) is 0. The number of anilines is 1. The Balaban J connectivity index is 2.79. The van der Waals surface area contributed by atoms with Crippen LogP contribution in [-0.2, 0) is 4.79 Å². The second-order valence-corrected chi connectivity index (χ2v) is 4.11. The Hall–Kier alpha value is -2.59. The van der Waals surface area contributed by atoms with Gasteiger partial charge in [-0.2, -0.15) is 5.26 Å². The van der Waals surface area contributed by atoms with Gasteiger partial charge in [-0.15, -0.1) is 0 Å². The van der Waals surface area contributed by atoms with Crippen LogP contribution in [0.25, 0.3) is 0 Å². The van der Waals surface area contributed by atoms with E-state index in [1.165, 1.54) is 0 Å². The number of aliphatic carboxylic acids is 1. The highest BCUT2D eigenvalue weighted by molar-refractivity contribution is 5.93. The molecule has 7 nitrogen and oxygen atoms in total. The lowest BCUT2D eigenvalue weighted by atomic mass is 10.1.